The molecule has 0 aliphatic carbocycles. The molecule has 0 saturated heterocycles. The van der Waals surface area contributed by atoms with Gasteiger partial charge in [0.1, 0.15) is 12.4 Å². The minimum absolute atomic E-state index is 0.105. The number of allylic oxidation sites excluding steroid dienone is 1. The highest BCUT2D eigenvalue weighted by atomic mass is 16.6. The van der Waals surface area contributed by atoms with E-state index < -0.39 is 4.92 Å². The Morgan fingerprint density at radius 1 is 1.50 bits per heavy atom. The molecular weight excluding hydrogens is 236 g/mol. The van der Waals surface area contributed by atoms with Crippen LogP contribution >= 0.6 is 0 Å². The number of rotatable bonds is 5. The number of nitrogens with one attached hydrogen (secondary N) is 1. The topological polar surface area (TPSA) is 90.1 Å². The van der Waals surface area contributed by atoms with Crippen LogP contribution < -0.4 is 5.32 Å². The van der Waals surface area contributed by atoms with E-state index in [1.54, 1.807) is 0 Å². The minimum atomic E-state index is -0.616. The number of carbonyl (C=O) groups is 1. The molecule has 7 heteroatoms. The molecule has 1 amide bonds. The Bertz CT molecular complexity index is 486. The molecule has 1 heterocycles. The molecule has 0 radical (unpaired) electrons. The Morgan fingerprint density at radius 3 is 2.72 bits per heavy atom. The average molecular weight is 252 g/mol. The van der Waals surface area contributed by atoms with Crippen molar-refractivity contribution < 1.29 is 9.72 Å². The first-order valence-corrected chi connectivity index (χ1v) is 5.47. The second-order valence-corrected chi connectivity index (χ2v) is 4.17. The van der Waals surface area contributed by atoms with Crippen LogP contribution in [-0.2, 0) is 11.3 Å². The first-order chi connectivity index (χ1) is 8.41. The van der Waals surface area contributed by atoms with Crippen molar-refractivity contribution in [1.82, 2.24) is 14.9 Å². The van der Waals surface area contributed by atoms with E-state index >= 15 is 0 Å². The minimum Gasteiger partial charge on any atom is -0.390 e. The zero-order valence-corrected chi connectivity index (χ0v) is 10.6. The number of nitrogens with zero attached hydrogens (tertiary/aromatic N) is 3. The number of hydrogen-bond acceptors (Lipinski definition) is 4. The molecule has 1 aromatic heterocycles. The van der Waals surface area contributed by atoms with Gasteiger partial charge in [0, 0.05) is 6.54 Å². The van der Waals surface area contributed by atoms with Gasteiger partial charge < -0.3 is 15.4 Å². The van der Waals surface area contributed by atoms with Gasteiger partial charge in [0.25, 0.3) is 5.91 Å². The molecule has 0 fully saturated rings. The van der Waals surface area contributed by atoms with Crippen molar-refractivity contribution >= 4 is 11.9 Å². The lowest BCUT2D eigenvalue weighted by Gasteiger charge is -2.06. The molecule has 0 aromatic carbocycles. The molecule has 1 aromatic rings. The predicted molar refractivity (Wildman–Crippen MR) is 65.9 cm³/mol. The number of carbonyl (C=O) groups excluding carboxylic acids is 1. The van der Waals surface area contributed by atoms with Crippen molar-refractivity contribution in [1.29, 1.82) is 0 Å². The van der Waals surface area contributed by atoms with Crippen molar-refractivity contribution in [3.8, 4) is 0 Å². The predicted octanol–water partition coefficient (Wildman–Crippen LogP) is 1.26. The fourth-order valence-electron chi connectivity index (χ4n) is 1.22. The van der Waals surface area contributed by atoms with E-state index in [0.29, 0.717) is 6.54 Å². The van der Waals surface area contributed by atoms with E-state index in [2.05, 4.69) is 10.3 Å². The van der Waals surface area contributed by atoms with Gasteiger partial charge >= 0.3 is 5.95 Å². The molecule has 0 aliphatic heterocycles. The van der Waals surface area contributed by atoms with E-state index in [9.17, 15) is 14.9 Å². The number of hydrogen-bond donors (Lipinski definition) is 1. The molecule has 7 nitrogen and oxygen atoms in total. The van der Waals surface area contributed by atoms with E-state index in [-0.39, 0.29) is 18.4 Å². The molecule has 98 valence electrons. The highest BCUT2D eigenvalue weighted by molar-refractivity contribution is 5.76. The van der Waals surface area contributed by atoms with Gasteiger partial charge in [-0.2, -0.15) is 0 Å². The zero-order valence-electron chi connectivity index (χ0n) is 10.6. The molecule has 0 bridgehead atoms. The normalized spacial score (nSPS) is 9.94. The summed E-state index contributed by atoms with van der Waals surface area (Å²) in [5.41, 5.74) is 2.22. The second-order valence-electron chi connectivity index (χ2n) is 4.17. The molecule has 0 spiro atoms. The van der Waals surface area contributed by atoms with Crippen molar-refractivity contribution in [2.75, 3.05) is 6.54 Å². The first-order valence-electron chi connectivity index (χ1n) is 5.47. The van der Waals surface area contributed by atoms with Crippen molar-refractivity contribution in [2.45, 2.75) is 27.3 Å². The zero-order chi connectivity index (χ0) is 13.7. The van der Waals surface area contributed by atoms with Gasteiger partial charge in [-0.25, -0.2) is 4.57 Å². The van der Waals surface area contributed by atoms with Crippen LogP contribution in [0.2, 0.25) is 0 Å². The van der Waals surface area contributed by atoms with Gasteiger partial charge in [-0.05, 0) is 25.7 Å². The van der Waals surface area contributed by atoms with E-state index in [4.69, 9.17) is 0 Å². The van der Waals surface area contributed by atoms with Crippen LogP contribution in [0.5, 0.6) is 0 Å². The van der Waals surface area contributed by atoms with Gasteiger partial charge in [-0.1, -0.05) is 16.1 Å². The Labute approximate surface area is 105 Å². The largest absolute Gasteiger partial charge is 0.435 e. The Hall–Kier alpha value is -2.18. The van der Waals surface area contributed by atoms with Crippen LogP contribution in [0.3, 0.4) is 0 Å². The summed E-state index contributed by atoms with van der Waals surface area (Å²) >= 11 is 0. The summed E-state index contributed by atoms with van der Waals surface area (Å²) in [6.07, 6.45) is 2.71. The fraction of sp³-hybridized carbons (Fsp3) is 0.455. The van der Waals surface area contributed by atoms with Crippen LogP contribution in [0.25, 0.3) is 0 Å². The molecule has 0 atom stereocenters. The van der Waals surface area contributed by atoms with E-state index in [1.807, 2.05) is 20.8 Å². The molecule has 0 saturated carbocycles. The average Bonchev–Trinajstić information content (AvgIpc) is 2.73. The first kappa shape index (κ1) is 13.9. The summed E-state index contributed by atoms with van der Waals surface area (Å²) in [5.74, 6) is -0.610. The lowest BCUT2D eigenvalue weighted by Crippen LogP contribution is -2.29. The number of imidazole rings is 1. The third-order valence-electron chi connectivity index (χ3n) is 2.58. The van der Waals surface area contributed by atoms with E-state index in [1.165, 1.54) is 17.0 Å². The van der Waals surface area contributed by atoms with Crippen LogP contribution in [0.15, 0.2) is 23.5 Å². The van der Waals surface area contributed by atoms with E-state index in [0.717, 1.165) is 11.1 Å². The van der Waals surface area contributed by atoms with Crippen LogP contribution in [0, 0.1) is 10.1 Å². The fourth-order valence-corrected chi connectivity index (χ4v) is 1.22. The van der Waals surface area contributed by atoms with Crippen molar-refractivity contribution in [2.24, 2.45) is 0 Å². The summed E-state index contributed by atoms with van der Waals surface area (Å²) in [4.78, 5) is 25.2. The smallest absolute Gasteiger partial charge is 0.390 e. The number of aromatic nitrogens is 2. The highest BCUT2D eigenvalue weighted by Gasteiger charge is 2.16. The van der Waals surface area contributed by atoms with Gasteiger partial charge in [0.2, 0.25) is 0 Å². The molecule has 1 rings (SSSR count). The van der Waals surface area contributed by atoms with Crippen LogP contribution in [0.1, 0.15) is 20.8 Å². The summed E-state index contributed by atoms with van der Waals surface area (Å²) in [6.45, 7) is 6.19. The Balaban J connectivity index is 2.58. The summed E-state index contributed by atoms with van der Waals surface area (Å²) in [7, 11) is 0. The van der Waals surface area contributed by atoms with Gasteiger partial charge in [-0.15, -0.1) is 0 Å². The molecule has 18 heavy (non-hydrogen) atoms. The Morgan fingerprint density at radius 2 is 2.17 bits per heavy atom. The maximum Gasteiger partial charge on any atom is 0.435 e. The number of amides is 1. The maximum absolute atomic E-state index is 11.6. The summed E-state index contributed by atoms with van der Waals surface area (Å²) in [6, 6.07) is 0. The molecular formula is C11H16N4O3. The lowest BCUT2D eigenvalue weighted by atomic mass is 10.2. The Kier molecular flexibility index (Phi) is 4.59. The lowest BCUT2D eigenvalue weighted by molar-refractivity contribution is -0.396. The summed E-state index contributed by atoms with van der Waals surface area (Å²) in [5, 5.41) is 13.3. The quantitative estimate of drug-likeness (QED) is 0.485. The SMILES string of the molecule is CC(C)=C(C)CNC(=O)Cn1ccnc1[N+](=O)[O-]. The standard InChI is InChI=1S/C11H16N4O3/c1-8(2)9(3)6-13-10(16)7-14-5-4-12-11(14)15(17)18/h4-5H,6-7H2,1-3H3,(H,13,16). The van der Waals surface area contributed by atoms with Crippen molar-refractivity contribution in [3.63, 3.8) is 0 Å². The van der Waals surface area contributed by atoms with Crippen LogP contribution in [0.4, 0.5) is 5.95 Å². The number of nitro groups is 1. The van der Waals surface area contributed by atoms with Gasteiger partial charge in [-0.3, -0.25) is 4.79 Å². The van der Waals surface area contributed by atoms with Crippen molar-refractivity contribution in [3.05, 3.63) is 33.7 Å². The molecule has 0 unspecified atom stereocenters. The third kappa shape index (κ3) is 3.69. The van der Waals surface area contributed by atoms with Gasteiger partial charge in [0.15, 0.2) is 6.54 Å². The highest BCUT2D eigenvalue weighted by Crippen LogP contribution is 2.06. The van der Waals surface area contributed by atoms with Crippen LogP contribution in [-0.4, -0.2) is 26.9 Å². The monoisotopic (exact) mass is 252 g/mol. The molecule has 1 N–H and O–H groups in total. The third-order valence-corrected chi connectivity index (χ3v) is 2.58. The molecule has 0 aliphatic rings. The maximum atomic E-state index is 11.6. The van der Waals surface area contributed by atoms with Gasteiger partial charge in [0.05, 0.1) is 0 Å². The second kappa shape index (κ2) is 5.95. The summed E-state index contributed by atoms with van der Waals surface area (Å²) < 4.78 is 1.20.